The number of hydrogen-bond acceptors (Lipinski definition) is 5. The van der Waals surface area contributed by atoms with E-state index in [1.807, 2.05) is 25.7 Å². The van der Waals surface area contributed by atoms with Gasteiger partial charge in [0.2, 0.25) is 5.91 Å². The molecule has 3 aliphatic heterocycles. The first-order valence-electron chi connectivity index (χ1n) is 9.58. The fourth-order valence-electron chi connectivity index (χ4n) is 4.61. The van der Waals surface area contributed by atoms with E-state index in [2.05, 4.69) is 10.2 Å². The monoisotopic (exact) mass is 392 g/mol. The minimum absolute atomic E-state index is 0.0308. The molecular weight excluding hydrogens is 368 g/mol. The lowest BCUT2D eigenvalue weighted by Gasteiger charge is -2.44. The summed E-state index contributed by atoms with van der Waals surface area (Å²) in [5, 5.41) is 8.51. The van der Waals surface area contributed by atoms with Crippen molar-refractivity contribution in [3.63, 3.8) is 0 Å². The molecule has 8 heteroatoms. The molecule has 7 nitrogen and oxygen atoms in total. The van der Waals surface area contributed by atoms with Gasteiger partial charge in [-0.05, 0) is 58.9 Å². The fraction of sp³-hybridized carbons (Fsp3) is 0.684. The average Bonchev–Trinajstić information content (AvgIpc) is 2.84. The lowest BCUT2D eigenvalue weighted by molar-refractivity contribution is -0.119. The highest BCUT2D eigenvalue weighted by Gasteiger charge is 2.48. The molecule has 2 amide bonds. The smallest absolute Gasteiger partial charge is 0.410 e. The van der Waals surface area contributed by atoms with Gasteiger partial charge in [0.05, 0.1) is 0 Å². The third-order valence-electron chi connectivity index (χ3n) is 5.60. The molecule has 1 aromatic rings. The Hall–Kier alpha value is -1.89. The van der Waals surface area contributed by atoms with Gasteiger partial charge in [-0.3, -0.25) is 9.69 Å². The first-order chi connectivity index (χ1) is 12.7. The zero-order valence-electron chi connectivity index (χ0n) is 15.9. The second-order valence-corrected chi connectivity index (χ2v) is 9.06. The van der Waals surface area contributed by atoms with Crippen LogP contribution in [0, 0.1) is 0 Å². The van der Waals surface area contributed by atoms with Crippen LogP contribution in [0.4, 0.5) is 10.6 Å². The van der Waals surface area contributed by atoms with E-state index in [-0.39, 0.29) is 30.1 Å². The predicted molar refractivity (Wildman–Crippen MR) is 101 cm³/mol. The zero-order valence-corrected chi connectivity index (χ0v) is 16.7. The number of rotatable bonds is 1. The molecule has 3 aliphatic rings. The summed E-state index contributed by atoms with van der Waals surface area (Å²) in [5.41, 5.74) is 0.459. The first-order valence-corrected chi connectivity index (χ1v) is 9.96. The highest BCUT2D eigenvalue weighted by molar-refractivity contribution is 6.29. The number of aryl methyl sites for hydroxylation is 1. The van der Waals surface area contributed by atoms with E-state index < -0.39 is 5.60 Å². The summed E-state index contributed by atoms with van der Waals surface area (Å²) in [7, 11) is 0. The van der Waals surface area contributed by atoms with Crippen LogP contribution in [0.15, 0.2) is 6.07 Å². The van der Waals surface area contributed by atoms with Gasteiger partial charge in [0.15, 0.2) is 11.0 Å². The molecule has 0 N–H and O–H groups in total. The lowest BCUT2D eigenvalue weighted by atomic mass is 9.93. The van der Waals surface area contributed by atoms with Crippen LogP contribution < -0.4 is 4.90 Å². The highest BCUT2D eigenvalue weighted by Crippen LogP contribution is 2.41. The van der Waals surface area contributed by atoms with Crippen LogP contribution in [0.3, 0.4) is 0 Å². The first kappa shape index (κ1) is 18.5. The Morgan fingerprint density at radius 3 is 2.44 bits per heavy atom. The molecule has 146 valence electrons. The topological polar surface area (TPSA) is 75.6 Å². The molecule has 27 heavy (non-hydrogen) atoms. The number of piperidine rings is 1. The summed E-state index contributed by atoms with van der Waals surface area (Å²) in [6.07, 6.45) is 4.23. The average molecular weight is 393 g/mol. The van der Waals surface area contributed by atoms with Gasteiger partial charge in [-0.25, -0.2) is 4.79 Å². The van der Waals surface area contributed by atoms with Gasteiger partial charge >= 0.3 is 6.09 Å². The van der Waals surface area contributed by atoms with E-state index in [0.717, 1.165) is 31.2 Å². The minimum Gasteiger partial charge on any atom is -0.444 e. The van der Waals surface area contributed by atoms with Crippen molar-refractivity contribution in [1.82, 2.24) is 15.1 Å². The molecule has 0 aromatic carbocycles. The number of nitrogens with zero attached hydrogens (tertiary/aromatic N) is 4. The SMILES string of the molecule is CC(C)(C)OC(=O)N1[C@@H]2CC[C@H]1CC(N1C(=O)CCc3cc(Cl)nnc31)C2. The third-order valence-corrected chi connectivity index (χ3v) is 5.79. The number of aromatic nitrogens is 2. The molecule has 2 saturated heterocycles. The van der Waals surface area contributed by atoms with Crippen molar-refractivity contribution in [2.75, 3.05) is 4.90 Å². The van der Waals surface area contributed by atoms with Crippen molar-refractivity contribution >= 4 is 29.4 Å². The van der Waals surface area contributed by atoms with Crippen molar-refractivity contribution in [3.05, 3.63) is 16.8 Å². The van der Waals surface area contributed by atoms with E-state index >= 15 is 0 Å². The van der Waals surface area contributed by atoms with Gasteiger partial charge in [0.25, 0.3) is 0 Å². The van der Waals surface area contributed by atoms with E-state index in [9.17, 15) is 9.59 Å². The molecule has 2 fully saturated rings. The third kappa shape index (κ3) is 3.49. The number of amides is 2. The van der Waals surface area contributed by atoms with Crippen molar-refractivity contribution in [2.24, 2.45) is 0 Å². The van der Waals surface area contributed by atoms with Crippen molar-refractivity contribution in [2.45, 2.75) is 83.0 Å². The Kier molecular flexibility index (Phi) is 4.53. The van der Waals surface area contributed by atoms with Gasteiger partial charge in [0, 0.05) is 30.1 Å². The second-order valence-electron chi connectivity index (χ2n) is 8.68. The largest absolute Gasteiger partial charge is 0.444 e. The summed E-state index contributed by atoms with van der Waals surface area (Å²) in [5.74, 6) is 0.708. The number of hydrogen-bond donors (Lipinski definition) is 0. The van der Waals surface area contributed by atoms with Gasteiger partial charge < -0.3 is 9.64 Å². The highest BCUT2D eigenvalue weighted by atomic mass is 35.5. The maximum absolute atomic E-state index is 12.7. The van der Waals surface area contributed by atoms with Gasteiger partial charge in [-0.15, -0.1) is 10.2 Å². The Morgan fingerprint density at radius 1 is 1.15 bits per heavy atom. The Morgan fingerprint density at radius 2 is 1.81 bits per heavy atom. The zero-order chi connectivity index (χ0) is 19.3. The molecule has 4 heterocycles. The summed E-state index contributed by atoms with van der Waals surface area (Å²) >= 11 is 5.97. The van der Waals surface area contributed by atoms with Crippen LogP contribution in [0.1, 0.15) is 58.4 Å². The van der Waals surface area contributed by atoms with Crippen LogP contribution >= 0.6 is 11.6 Å². The van der Waals surface area contributed by atoms with Crippen molar-refractivity contribution in [3.8, 4) is 0 Å². The molecule has 0 radical (unpaired) electrons. The van der Waals surface area contributed by atoms with Gasteiger partial charge in [-0.1, -0.05) is 11.6 Å². The maximum atomic E-state index is 12.7. The lowest BCUT2D eigenvalue weighted by Crippen LogP contribution is -2.55. The van der Waals surface area contributed by atoms with Gasteiger partial charge in [-0.2, -0.15) is 0 Å². The number of anilines is 1. The number of fused-ring (bicyclic) bond motifs is 3. The van der Waals surface area contributed by atoms with Crippen molar-refractivity contribution in [1.29, 1.82) is 0 Å². The predicted octanol–water partition coefficient (Wildman–Crippen LogP) is 3.34. The quantitative estimate of drug-likeness (QED) is 0.732. The molecular formula is C19H25ClN4O3. The molecule has 0 saturated carbocycles. The minimum atomic E-state index is -0.510. The Labute approximate surface area is 164 Å². The standard InChI is InChI=1S/C19H25ClN4O3/c1-19(2,3)27-18(26)23-12-5-6-13(23)10-14(9-12)24-16(25)7-4-11-8-15(20)21-22-17(11)24/h8,12-14H,4-7,9-10H2,1-3H3/t12-,13+,14?. The van der Waals surface area contributed by atoms with Gasteiger partial charge in [0.1, 0.15) is 5.60 Å². The molecule has 1 aromatic heterocycles. The van der Waals surface area contributed by atoms with Crippen LogP contribution in [0.5, 0.6) is 0 Å². The number of ether oxygens (including phenoxy) is 1. The molecule has 1 unspecified atom stereocenters. The molecule has 0 spiro atoms. The van der Waals surface area contributed by atoms with Crippen LogP contribution in [-0.2, 0) is 16.0 Å². The van der Waals surface area contributed by atoms with E-state index in [1.54, 1.807) is 11.0 Å². The Bertz CT molecular complexity index is 765. The van der Waals surface area contributed by atoms with Crippen molar-refractivity contribution < 1.29 is 14.3 Å². The van der Waals surface area contributed by atoms with E-state index in [1.165, 1.54) is 0 Å². The summed E-state index contributed by atoms with van der Waals surface area (Å²) in [6, 6.07) is 2.03. The number of carbonyl (C=O) groups is 2. The summed E-state index contributed by atoms with van der Waals surface area (Å²) < 4.78 is 5.60. The molecule has 0 aliphatic carbocycles. The normalized spacial score (nSPS) is 27.6. The molecule has 3 atom stereocenters. The second kappa shape index (κ2) is 6.62. The van der Waals surface area contributed by atoms with E-state index in [4.69, 9.17) is 16.3 Å². The number of carbonyl (C=O) groups excluding carboxylic acids is 2. The summed E-state index contributed by atoms with van der Waals surface area (Å²) in [6.45, 7) is 5.64. The number of halogens is 1. The molecule has 4 rings (SSSR count). The molecule has 2 bridgehead atoms. The summed E-state index contributed by atoms with van der Waals surface area (Å²) in [4.78, 5) is 29.0. The van der Waals surface area contributed by atoms with E-state index in [0.29, 0.717) is 23.8 Å². The van der Waals surface area contributed by atoms with Crippen LogP contribution in [0.25, 0.3) is 0 Å². The van der Waals surface area contributed by atoms with Crippen LogP contribution in [-0.4, -0.2) is 50.8 Å². The Balaban J connectivity index is 1.55. The fourth-order valence-corrected chi connectivity index (χ4v) is 4.78. The maximum Gasteiger partial charge on any atom is 0.410 e. The van der Waals surface area contributed by atoms with Crippen LogP contribution in [0.2, 0.25) is 5.15 Å².